The van der Waals surface area contributed by atoms with Crippen LogP contribution in [-0.4, -0.2) is 18.4 Å². The quantitative estimate of drug-likeness (QED) is 0.831. The van der Waals surface area contributed by atoms with E-state index in [-0.39, 0.29) is 23.7 Å². The molecule has 0 aromatic heterocycles. The summed E-state index contributed by atoms with van der Waals surface area (Å²) in [6.07, 6.45) is 3.96. The minimum absolute atomic E-state index is 0.0197. The Hall–Kier alpha value is -2.35. The minimum Gasteiger partial charge on any atom is -0.356 e. The normalized spacial score (nSPS) is 19.9. The van der Waals surface area contributed by atoms with Gasteiger partial charge in [0.25, 0.3) is 0 Å². The number of benzene rings is 1. The maximum absolute atomic E-state index is 12.4. The number of carbonyl (C=O) groups excluding carboxylic acids is 2. The molecule has 1 fully saturated rings. The molecule has 0 aliphatic heterocycles. The lowest BCUT2D eigenvalue weighted by Crippen LogP contribution is -2.36. The maximum Gasteiger partial charge on any atom is 0.227 e. The van der Waals surface area contributed by atoms with Gasteiger partial charge in [-0.05, 0) is 56.2 Å². The predicted octanol–water partition coefficient (Wildman–Crippen LogP) is 3.47. The van der Waals surface area contributed by atoms with E-state index in [2.05, 4.69) is 30.6 Å². The number of hydrogen-bond donors (Lipinski definition) is 2. The highest BCUT2D eigenvalue weighted by molar-refractivity contribution is 5.93. The van der Waals surface area contributed by atoms with Crippen molar-refractivity contribution < 1.29 is 9.59 Å². The highest BCUT2D eigenvalue weighted by Gasteiger charge is 2.29. The van der Waals surface area contributed by atoms with Crippen LogP contribution in [0.2, 0.25) is 0 Å². The molecule has 25 heavy (non-hydrogen) atoms. The lowest BCUT2D eigenvalue weighted by atomic mass is 9.81. The van der Waals surface area contributed by atoms with E-state index >= 15 is 0 Å². The van der Waals surface area contributed by atoms with Crippen molar-refractivity contribution in [1.82, 2.24) is 5.32 Å². The Morgan fingerprint density at radius 3 is 2.40 bits per heavy atom. The summed E-state index contributed by atoms with van der Waals surface area (Å²) in [5.41, 5.74) is 1.18. The van der Waals surface area contributed by atoms with Gasteiger partial charge in [-0.15, -0.1) is 0 Å². The summed E-state index contributed by atoms with van der Waals surface area (Å²) in [7, 11) is 0. The zero-order valence-electron chi connectivity index (χ0n) is 15.0. The first-order valence-electron chi connectivity index (χ1n) is 9.08. The lowest BCUT2D eigenvalue weighted by Gasteiger charge is -2.27. The van der Waals surface area contributed by atoms with E-state index in [0.29, 0.717) is 17.2 Å². The van der Waals surface area contributed by atoms with E-state index in [1.165, 1.54) is 0 Å². The van der Waals surface area contributed by atoms with Crippen molar-refractivity contribution in [3.05, 3.63) is 29.8 Å². The second-order valence-electron chi connectivity index (χ2n) is 7.20. The number of hydrogen-bond acceptors (Lipinski definition) is 3. The van der Waals surface area contributed by atoms with E-state index in [0.717, 1.165) is 38.6 Å². The van der Waals surface area contributed by atoms with Crippen LogP contribution < -0.4 is 10.6 Å². The van der Waals surface area contributed by atoms with Crippen molar-refractivity contribution in [3.63, 3.8) is 0 Å². The van der Waals surface area contributed by atoms with Crippen LogP contribution in [0.1, 0.15) is 51.5 Å². The standard InChI is InChI=1S/C20H27N3O2/c1-14(2)10-11-22-19(24)16-6-8-17(9-7-16)20(25)23-18-5-3-4-15(12-18)13-21/h3-5,12,14,16-17H,6-11H2,1-2H3,(H,22,24)(H,23,25). The van der Waals surface area contributed by atoms with Gasteiger partial charge in [0, 0.05) is 24.1 Å². The monoisotopic (exact) mass is 341 g/mol. The molecule has 1 aromatic rings. The van der Waals surface area contributed by atoms with Gasteiger partial charge in [-0.1, -0.05) is 19.9 Å². The third-order valence-corrected chi connectivity index (χ3v) is 4.75. The molecule has 5 nitrogen and oxygen atoms in total. The SMILES string of the molecule is CC(C)CCNC(=O)C1CCC(C(=O)Nc2cccc(C#N)c2)CC1. The number of amides is 2. The third kappa shape index (κ3) is 5.90. The fourth-order valence-corrected chi connectivity index (χ4v) is 3.16. The number of nitriles is 1. The topological polar surface area (TPSA) is 82.0 Å². The summed E-state index contributed by atoms with van der Waals surface area (Å²) < 4.78 is 0. The van der Waals surface area contributed by atoms with Crippen LogP contribution in [0, 0.1) is 29.1 Å². The minimum atomic E-state index is -0.0644. The molecule has 2 rings (SSSR count). The zero-order chi connectivity index (χ0) is 18.2. The summed E-state index contributed by atoms with van der Waals surface area (Å²) in [5, 5.41) is 14.8. The smallest absolute Gasteiger partial charge is 0.227 e. The molecule has 0 heterocycles. The van der Waals surface area contributed by atoms with Gasteiger partial charge in [0.15, 0.2) is 0 Å². The molecule has 134 valence electrons. The van der Waals surface area contributed by atoms with Crippen molar-refractivity contribution >= 4 is 17.5 Å². The van der Waals surface area contributed by atoms with Gasteiger partial charge in [0.05, 0.1) is 11.6 Å². The molecule has 0 spiro atoms. The van der Waals surface area contributed by atoms with Gasteiger partial charge in [0.1, 0.15) is 0 Å². The predicted molar refractivity (Wildman–Crippen MR) is 97.7 cm³/mol. The molecule has 5 heteroatoms. The Labute approximate surface area is 149 Å². The first-order chi connectivity index (χ1) is 12.0. The molecule has 1 saturated carbocycles. The van der Waals surface area contributed by atoms with Crippen LogP contribution in [0.4, 0.5) is 5.69 Å². The van der Waals surface area contributed by atoms with E-state index in [9.17, 15) is 9.59 Å². The Bertz CT molecular complexity index is 641. The van der Waals surface area contributed by atoms with Crippen molar-refractivity contribution in [3.8, 4) is 6.07 Å². The van der Waals surface area contributed by atoms with Gasteiger partial charge in [-0.3, -0.25) is 9.59 Å². The van der Waals surface area contributed by atoms with Gasteiger partial charge in [0.2, 0.25) is 11.8 Å². The molecule has 1 aromatic carbocycles. The molecule has 0 bridgehead atoms. The summed E-state index contributed by atoms with van der Waals surface area (Å²) in [6, 6.07) is 8.99. The fraction of sp³-hybridized carbons (Fsp3) is 0.550. The number of anilines is 1. The second kappa shape index (κ2) is 9.22. The molecular weight excluding hydrogens is 314 g/mol. The Balaban J connectivity index is 1.78. The van der Waals surface area contributed by atoms with Crippen LogP contribution in [-0.2, 0) is 9.59 Å². The number of carbonyl (C=O) groups is 2. The van der Waals surface area contributed by atoms with Crippen molar-refractivity contribution in [2.75, 3.05) is 11.9 Å². The summed E-state index contributed by atoms with van der Waals surface area (Å²) >= 11 is 0. The van der Waals surface area contributed by atoms with Crippen molar-refractivity contribution in [1.29, 1.82) is 5.26 Å². The molecule has 1 aliphatic carbocycles. The first kappa shape index (κ1) is 19.0. The molecule has 0 saturated heterocycles. The summed E-state index contributed by atoms with van der Waals surface area (Å²) in [5.74, 6) is 0.651. The zero-order valence-corrected chi connectivity index (χ0v) is 15.0. The number of nitrogens with zero attached hydrogens (tertiary/aromatic N) is 1. The van der Waals surface area contributed by atoms with E-state index in [1.54, 1.807) is 24.3 Å². The van der Waals surface area contributed by atoms with Crippen LogP contribution in [0.15, 0.2) is 24.3 Å². The van der Waals surface area contributed by atoms with Gasteiger partial charge < -0.3 is 10.6 Å². The highest BCUT2D eigenvalue weighted by atomic mass is 16.2. The molecule has 0 atom stereocenters. The Morgan fingerprint density at radius 1 is 1.16 bits per heavy atom. The Morgan fingerprint density at radius 2 is 1.80 bits per heavy atom. The van der Waals surface area contributed by atoms with Gasteiger partial charge in [-0.2, -0.15) is 5.26 Å². The third-order valence-electron chi connectivity index (χ3n) is 4.75. The van der Waals surface area contributed by atoms with Crippen LogP contribution in [0.5, 0.6) is 0 Å². The summed E-state index contributed by atoms with van der Waals surface area (Å²) in [6.45, 7) is 5.01. The van der Waals surface area contributed by atoms with Gasteiger partial charge >= 0.3 is 0 Å². The second-order valence-corrected chi connectivity index (χ2v) is 7.20. The maximum atomic E-state index is 12.4. The highest BCUT2D eigenvalue weighted by Crippen LogP contribution is 2.30. The summed E-state index contributed by atoms with van der Waals surface area (Å²) in [4.78, 5) is 24.6. The molecule has 2 amide bonds. The molecular formula is C20H27N3O2. The fourth-order valence-electron chi connectivity index (χ4n) is 3.16. The average Bonchev–Trinajstić information content (AvgIpc) is 2.61. The largest absolute Gasteiger partial charge is 0.356 e. The van der Waals surface area contributed by atoms with Crippen LogP contribution in [0.3, 0.4) is 0 Å². The molecule has 1 aliphatic rings. The molecule has 0 radical (unpaired) electrons. The van der Waals surface area contributed by atoms with E-state index in [4.69, 9.17) is 5.26 Å². The van der Waals surface area contributed by atoms with Gasteiger partial charge in [-0.25, -0.2) is 0 Å². The van der Waals surface area contributed by atoms with Crippen molar-refractivity contribution in [2.24, 2.45) is 17.8 Å². The van der Waals surface area contributed by atoms with Crippen LogP contribution in [0.25, 0.3) is 0 Å². The average molecular weight is 341 g/mol. The molecule has 2 N–H and O–H groups in total. The van der Waals surface area contributed by atoms with Crippen molar-refractivity contribution in [2.45, 2.75) is 46.0 Å². The van der Waals surface area contributed by atoms with E-state index in [1.807, 2.05) is 0 Å². The number of rotatable bonds is 6. The molecule has 0 unspecified atom stereocenters. The number of nitrogens with one attached hydrogen (secondary N) is 2. The van der Waals surface area contributed by atoms with E-state index < -0.39 is 0 Å². The first-order valence-corrected chi connectivity index (χ1v) is 9.08. The van der Waals surface area contributed by atoms with Crippen LogP contribution >= 0.6 is 0 Å². The lowest BCUT2D eigenvalue weighted by molar-refractivity contribution is -0.128. The Kier molecular flexibility index (Phi) is 7.00.